The fraction of sp³-hybridized carbons (Fsp3) is 0.583. The Kier molecular flexibility index (Phi) is 5.79. The molecule has 0 amide bonds. The Hall–Kier alpha value is -1.70. The van der Waals surface area contributed by atoms with Crippen LogP contribution in [0.1, 0.15) is 11.8 Å². The number of hydrogen-bond donors (Lipinski definition) is 6. The van der Waals surface area contributed by atoms with Gasteiger partial charge in [0.1, 0.15) is 18.3 Å². The number of ether oxygens (including phenoxy) is 1. The van der Waals surface area contributed by atoms with Gasteiger partial charge in [0.25, 0.3) is 5.56 Å². The van der Waals surface area contributed by atoms with E-state index in [0.717, 1.165) is 10.8 Å². The maximum absolute atomic E-state index is 12.2. The molecule has 12 heteroatoms. The summed E-state index contributed by atoms with van der Waals surface area (Å²) in [6, 6.07) is 0. The average molecular weight is 363 g/mol. The van der Waals surface area contributed by atoms with E-state index >= 15 is 0 Å². The number of rotatable bonds is 6. The molecule has 1 aromatic rings. The number of carbonyl (C=O) groups is 1. The second-order valence-corrected chi connectivity index (χ2v) is 5.59. The van der Waals surface area contributed by atoms with Gasteiger partial charge in [-0.05, 0) is 0 Å². The number of aliphatic hydroxyl groups excluding tert-OH is 3. The monoisotopic (exact) mass is 363 g/mol. The van der Waals surface area contributed by atoms with Crippen molar-refractivity contribution < 1.29 is 30.0 Å². The van der Waals surface area contributed by atoms with Crippen LogP contribution in [0.2, 0.25) is 0 Å². The van der Waals surface area contributed by atoms with E-state index in [1.807, 2.05) is 0 Å². The first kappa shape index (κ1) is 18.6. The molecule has 4 atom stereocenters. The van der Waals surface area contributed by atoms with Crippen LogP contribution in [0.5, 0.6) is 0 Å². The van der Waals surface area contributed by atoms with Gasteiger partial charge in [-0.25, -0.2) is 8.77 Å². The van der Waals surface area contributed by atoms with E-state index in [4.69, 9.17) is 14.9 Å². The van der Waals surface area contributed by atoms with Crippen molar-refractivity contribution in [2.75, 3.05) is 13.2 Å². The zero-order valence-corrected chi connectivity index (χ0v) is 13.2. The highest BCUT2D eigenvalue weighted by Gasteiger charge is 2.44. The Morgan fingerprint density at radius 2 is 2.00 bits per heavy atom. The lowest BCUT2D eigenvalue weighted by Crippen LogP contribution is -2.42. The molecule has 1 aliphatic heterocycles. The molecule has 2 rings (SSSR count). The van der Waals surface area contributed by atoms with Crippen LogP contribution in [0.15, 0.2) is 15.8 Å². The topological polar surface area (TPSA) is 163 Å². The molecule has 0 unspecified atom stereocenters. The largest absolute Gasteiger partial charge is 0.480 e. The molecule has 1 aliphatic rings. The van der Waals surface area contributed by atoms with Crippen molar-refractivity contribution in [2.24, 2.45) is 0 Å². The van der Waals surface area contributed by atoms with E-state index in [9.17, 15) is 24.6 Å². The number of carboxylic acids is 1. The molecule has 0 radical (unpaired) electrons. The number of aromatic nitrogens is 2. The van der Waals surface area contributed by atoms with Gasteiger partial charge in [0, 0.05) is 18.3 Å². The molecule has 1 aromatic heterocycles. The highest BCUT2D eigenvalue weighted by atomic mass is 32.1. The van der Waals surface area contributed by atoms with E-state index < -0.39 is 54.9 Å². The van der Waals surface area contributed by atoms with Gasteiger partial charge in [0.05, 0.1) is 13.2 Å². The minimum atomic E-state index is -1.51. The van der Waals surface area contributed by atoms with Crippen LogP contribution in [-0.2, 0) is 16.1 Å². The Labute approximate surface area is 140 Å². The maximum atomic E-state index is 12.2. The summed E-state index contributed by atoms with van der Waals surface area (Å²) in [5.41, 5.74) is -1.67. The lowest BCUT2D eigenvalue weighted by Gasteiger charge is -2.19. The summed E-state index contributed by atoms with van der Waals surface area (Å²) in [7, 11) is 0. The molecule has 0 saturated carbocycles. The third-order valence-electron chi connectivity index (χ3n) is 3.55. The van der Waals surface area contributed by atoms with E-state index in [0.29, 0.717) is 3.97 Å². The van der Waals surface area contributed by atoms with Crippen LogP contribution < -0.4 is 16.6 Å². The molecular formula is C12H17N3O8S. The van der Waals surface area contributed by atoms with Crippen molar-refractivity contribution in [2.45, 2.75) is 31.1 Å². The van der Waals surface area contributed by atoms with Gasteiger partial charge in [-0.2, -0.15) is 0 Å². The summed E-state index contributed by atoms with van der Waals surface area (Å²) in [4.78, 5) is 34.6. The number of carboxylic acid groups (broad SMARTS) is 1. The predicted octanol–water partition coefficient (Wildman–Crippen LogP) is -3.51. The van der Waals surface area contributed by atoms with Crippen LogP contribution >= 0.6 is 12.8 Å². The molecule has 0 bridgehead atoms. The van der Waals surface area contributed by atoms with Gasteiger partial charge in [-0.3, -0.25) is 14.2 Å². The highest BCUT2D eigenvalue weighted by Crippen LogP contribution is 2.28. The van der Waals surface area contributed by atoms with Gasteiger partial charge in [0.2, 0.25) is 0 Å². The summed E-state index contributed by atoms with van der Waals surface area (Å²) < 4.78 is 6.58. The Morgan fingerprint density at radius 3 is 2.54 bits per heavy atom. The minimum Gasteiger partial charge on any atom is -0.480 e. The number of aliphatic carboxylic acids is 1. The fourth-order valence-electron chi connectivity index (χ4n) is 2.33. The first-order valence-corrected chi connectivity index (χ1v) is 7.29. The number of aliphatic hydroxyl groups is 3. The third-order valence-corrected chi connectivity index (χ3v) is 3.90. The van der Waals surface area contributed by atoms with E-state index in [2.05, 4.69) is 18.1 Å². The van der Waals surface area contributed by atoms with Gasteiger partial charge in [0.15, 0.2) is 6.23 Å². The first-order chi connectivity index (χ1) is 11.3. The molecule has 1 fully saturated rings. The lowest BCUT2D eigenvalue weighted by molar-refractivity contribution is -0.136. The lowest BCUT2D eigenvalue weighted by atomic mass is 10.1. The predicted molar refractivity (Wildman–Crippen MR) is 81.7 cm³/mol. The standard InChI is InChI=1S/C12H17N3O8S/c16-4-6-8(19)9(20)11(23-6)14-3-5(1-13-2-7(17)18)10(21)15(24)12(14)22/h3,6,8-9,11,13,16,19-20,24H,1-2,4H2,(H,17,18)/t6-,8-,9-,11-/m1/s1. The van der Waals surface area contributed by atoms with Crippen LogP contribution in [-0.4, -0.2) is 66.4 Å². The van der Waals surface area contributed by atoms with Crippen LogP contribution in [0.3, 0.4) is 0 Å². The molecule has 0 spiro atoms. The van der Waals surface area contributed by atoms with Crippen molar-refractivity contribution in [3.63, 3.8) is 0 Å². The first-order valence-electron chi connectivity index (χ1n) is 6.89. The van der Waals surface area contributed by atoms with Gasteiger partial charge in [-0.1, -0.05) is 12.8 Å². The number of nitrogens with one attached hydrogen (secondary N) is 1. The van der Waals surface area contributed by atoms with E-state index in [1.54, 1.807) is 0 Å². The summed E-state index contributed by atoms with van der Waals surface area (Å²) >= 11 is 3.78. The number of thiol groups is 1. The summed E-state index contributed by atoms with van der Waals surface area (Å²) in [5.74, 6) is -1.13. The molecule has 2 heterocycles. The van der Waals surface area contributed by atoms with Crippen LogP contribution in [0.25, 0.3) is 0 Å². The van der Waals surface area contributed by atoms with Crippen molar-refractivity contribution >= 4 is 18.8 Å². The van der Waals surface area contributed by atoms with E-state index in [-0.39, 0.29) is 12.1 Å². The number of hydrogen-bond acceptors (Lipinski definition) is 9. The van der Waals surface area contributed by atoms with Crippen LogP contribution in [0.4, 0.5) is 0 Å². The fourth-order valence-corrected chi connectivity index (χ4v) is 2.56. The van der Waals surface area contributed by atoms with Crippen molar-refractivity contribution in [1.29, 1.82) is 0 Å². The molecule has 24 heavy (non-hydrogen) atoms. The molecule has 11 nitrogen and oxygen atoms in total. The Balaban J connectivity index is 2.37. The number of nitrogens with zero attached hydrogens (tertiary/aromatic N) is 2. The normalized spacial score (nSPS) is 26.7. The zero-order valence-electron chi connectivity index (χ0n) is 12.3. The Bertz CT molecular complexity index is 732. The smallest absolute Gasteiger partial charge is 0.343 e. The third kappa shape index (κ3) is 3.53. The molecule has 0 aliphatic carbocycles. The van der Waals surface area contributed by atoms with Crippen LogP contribution in [0, 0.1) is 0 Å². The molecular weight excluding hydrogens is 346 g/mol. The quantitative estimate of drug-likeness (QED) is 0.281. The van der Waals surface area contributed by atoms with Gasteiger partial charge < -0.3 is 30.5 Å². The second kappa shape index (κ2) is 7.46. The van der Waals surface area contributed by atoms with Crippen molar-refractivity contribution in [3.8, 4) is 0 Å². The molecule has 134 valence electrons. The van der Waals surface area contributed by atoms with E-state index in [1.165, 1.54) is 0 Å². The van der Waals surface area contributed by atoms with Gasteiger partial charge in [-0.15, -0.1) is 0 Å². The maximum Gasteiger partial charge on any atom is 0.343 e. The minimum absolute atomic E-state index is 0.00332. The SMILES string of the molecule is O=C(O)CNCc1cn([C@@H]2O[C@H](CO)[C@@H](O)[C@H]2O)c(=O)n(S)c1=O. The van der Waals surface area contributed by atoms with Crippen molar-refractivity contribution in [1.82, 2.24) is 13.9 Å². The second-order valence-electron chi connectivity index (χ2n) is 5.19. The average Bonchev–Trinajstić information content (AvgIpc) is 2.82. The molecule has 0 aromatic carbocycles. The Morgan fingerprint density at radius 1 is 1.33 bits per heavy atom. The molecule has 5 N–H and O–H groups in total. The zero-order chi connectivity index (χ0) is 18.0. The van der Waals surface area contributed by atoms with Crippen molar-refractivity contribution in [3.05, 3.63) is 32.6 Å². The summed E-state index contributed by atoms with van der Waals surface area (Å²) in [6.45, 7) is -1.14. The molecule has 1 saturated heterocycles. The summed E-state index contributed by atoms with van der Waals surface area (Å²) in [5, 5.41) is 39.9. The summed E-state index contributed by atoms with van der Waals surface area (Å²) in [6.07, 6.45) is -4.26. The van der Waals surface area contributed by atoms with Gasteiger partial charge >= 0.3 is 11.7 Å². The highest BCUT2D eigenvalue weighted by molar-refractivity contribution is 7.78.